The van der Waals surface area contributed by atoms with Crippen molar-refractivity contribution in [3.63, 3.8) is 0 Å². The van der Waals surface area contributed by atoms with Crippen molar-refractivity contribution in [2.75, 3.05) is 0 Å². The molecule has 0 spiro atoms. The highest BCUT2D eigenvalue weighted by atomic mass is 15.2. The third-order valence-electron chi connectivity index (χ3n) is 3.84. The summed E-state index contributed by atoms with van der Waals surface area (Å²) in [5.41, 5.74) is 7.33. The second-order valence-corrected chi connectivity index (χ2v) is 5.27. The highest BCUT2D eigenvalue weighted by Gasteiger charge is 2.39. The van der Waals surface area contributed by atoms with E-state index in [4.69, 9.17) is 5.73 Å². The van der Waals surface area contributed by atoms with Crippen molar-refractivity contribution in [2.45, 2.75) is 50.4 Å². The molecule has 2 aliphatic rings. The van der Waals surface area contributed by atoms with Gasteiger partial charge >= 0.3 is 0 Å². The van der Waals surface area contributed by atoms with E-state index in [1.165, 1.54) is 31.2 Å². The Kier molecular flexibility index (Phi) is 2.70. The predicted molar refractivity (Wildman–Crippen MR) is 66.0 cm³/mol. The van der Waals surface area contributed by atoms with Gasteiger partial charge in [-0.3, -0.25) is 4.90 Å². The zero-order valence-electron chi connectivity index (χ0n) is 9.68. The van der Waals surface area contributed by atoms with Crippen molar-refractivity contribution in [1.29, 1.82) is 0 Å². The van der Waals surface area contributed by atoms with Gasteiger partial charge < -0.3 is 5.73 Å². The van der Waals surface area contributed by atoms with Crippen LogP contribution in [0.2, 0.25) is 0 Å². The minimum atomic E-state index is 0.460. The molecule has 16 heavy (non-hydrogen) atoms. The summed E-state index contributed by atoms with van der Waals surface area (Å²) in [5, 5.41) is 0. The van der Waals surface area contributed by atoms with Gasteiger partial charge in [0.25, 0.3) is 0 Å². The summed E-state index contributed by atoms with van der Waals surface area (Å²) < 4.78 is 0. The van der Waals surface area contributed by atoms with Gasteiger partial charge in [-0.15, -0.1) is 0 Å². The summed E-state index contributed by atoms with van der Waals surface area (Å²) >= 11 is 0. The Hall–Kier alpha value is -0.860. The maximum absolute atomic E-state index is 5.89. The van der Waals surface area contributed by atoms with Gasteiger partial charge in [-0.2, -0.15) is 0 Å². The van der Waals surface area contributed by atoms with Gasteiger partial charge in [-0.1, -0.05) is 30.3 Å². The topological polar surface area (TPSA) is 29.3 Å². The fourth-order valence-corrected chi connectivity index (χ4v) is 2.66. The Morgan fingerprint density at radius 1 is 1.06 bits per heavy atom. The molecule has 0 bridgehead atoms. The maximum atomic E-state index is 5.89. The second-order valence-electron chi connectivity index (χ2n) is 5.27. The molecule has 1 aromatic rings. The van der Waals surface area contributed by atoms with Crippen LogP contribution in [0.25, 0.3) is 0 Å². The molecule has 0 aliphatic heterocycles. The van der Waals surface area contributed by atoms with E-state index >= 15 is 0 Å². The Morgan fingerprint density at radius 3 is 2.31 bits per heavy atom. The first-order chi connectivity index (χ1) is 7.83. The van der Waals surface area contributed by atoms with Gasteiger partial charge in [-0.05, 0) is 31.2 Å². The minimum Gasteiger partial charge on any atom is -0.328 e. The molecule has 0 heterocycles. The Balaban J connectivity index is 1.65. The third-order valence-corrected chi connectivity index (χ3v) is 3.84. The maximum Gasteiger partial charge on any atom is 0.0239 e. The summed E-state index contributed by atoms with van der Waals surface area (Å²) in [5.74, 6) is 0. The SMILES string of the molecule is NC1CC(N(Cc2ccccc2)C2CC2)C1. The van der Waals surface area contributed by atoms with Crippen LogP contribution in [0.1, 0.15) is 31.2 Å². The highest BCUT2D eigenvalue weighted by Crippen LogP contribution is 2.36. The lowest BCUT2D eigenvalue weighted by Gasteiger charge is -2.41. The molecule has 2 heteroatoms. The third kappa shape index (κ3) is 2.13. The first-order valence-electron chi connectivity index (χ1n) is 6.38. The van der Waals surface area contributed by atoms with E-state index in [-0.39, 0.29) is 0 Å². The highest BCUT2D eigenvalue weighted by molar-refractivity contribution is 5.15. The number of rotatable bonds is 4. The molecule has 1 aromatic carbocycles. The Morgan fingerprint density at radius 2 is 1.75 bits per heavy atom. The molecule has 2 aliphatic carbocycles. The number of nitrogens with two attached hydrogens (primary N) is 1. The van der Waals surface area contributed by atoms with Crippen LogP contribution in [0.3, 0.4) is 0 Å². The fourth-order valence-electron chi connectivity index (χ4n) is 2.66. The fraction of sp³-hybridized carbons (Fsp3) is 0.571. The van der Waals surface area contributed by atoms with Gasteiger partial charge in [0.1, 0.15) is 0 Å². The lowest BCUT2D eigenvalue weighted by Crippen LogP contribution is -2.51. The Labute approximate surface area is 97.4 Å². The van der Waals surface area contributed by atoms with Crippen LogP contribution in [0.4, 0.5) is 0 Å². The van der Waals surface area contributed by atoms with Gasteiger partial charge in [0.15, 0.2) is 0 Å². The lowest BCUT2D eigenvalue weighted by molar-refractivity contribution is 0.0949. The molecule has 2 saturated carbocycles. The van der Waals surface area contributed by atoms with Crippen LogP contribution in [0.15, 0.2) is 30.3 Å². The zero-order valence-corrected chi connectivity index (χ0v) is 9.68. The van der Waals surface area contributed by atoms with Crippen molar-refractivity contribution in [3.8, 4) is 0 Å². The molecule has 0 amide bonds. The normalized spacial score (nSPS) is 29.1. The molecule has 0 radical (unpaired) electrons. The first-order valence-corrected chi connectivity index (χ1v) is 6.38. The van der Waals surface area contributed by atoms with Crippen molar-refractivity contribution >= 4 is 0 Å². The van der Waals surface area contributed by atoms with E-state index < -0.39 is 0 Å². The zero-order chi connectivity index (χ0) is 11.0. The molecular weight excluding hydrogens is 196 g/mol. The van der Waals surface area contributed by atoms with Crippen molar-refractivity contribution in [1.82, 2.24) is 4.90 Å². The van der Waals surface area contributed by atoms with E-state index in [1.807, 2.05) is 0 Å². The van der Waals surface area contributed by atoms with Crippen LogP contribution in [-0.4, -0.2) is 23.0 Å². The molecule has 0 unspecified atom stereocenters. The van der Waals surface area contributed by atoms with E-state index in [1.54, 1.807) is 0 Å². The van der Waals surface area contributed by atoms with Crippen molar-refractivity contribution in [3.05, 3.63) is 35.9 Å². The number of hydrogen-bond donors (Lipinski definition) is 1. The summed E-state index contributed by atoms with van der Waals surface area (Å²) in [6.45, 7) is 1.11. The molecule has 0 atom stereocenters. The summed E-state index contributed by atoms with van der Waals surface area (Å²) in [6, 6.07) is 12.9. The molecular formula is C14H20N2. The second kappa shape index (κ2) is 4.19. The molecule has 0 saturated heterocycles. The number of nitrogens with zero attached hydrogens (tertiary/aromatic N) is 1. The van der Waals surface area contributed by atoms with Crippen molar-refractivity contribution in [2.24, 2.45) is 5.73 Å². The lowest BCUT2D eigenvalue weighted by atomic mass is 9.86. The molecule has 86 valence electrons. The monoisotopic (exact) mass is 216 g/mol. The van der Waals surface area contributed by atoms with Crippen LogP contribution in [0.5, 0.6) is 0 Å². The average molecular weight is 216 g/mol. The summed E-state index contributed by atoms with van der Waals surface area (Å²) in [4.78, 5) is 2.68. The first kappa shape index (κ1) is 10.3. The molecule has 0 aromatic heterocycles. The van der Waals surface area contributed by atoms with Crippen LogP contribution in [0, 0.1) is 0 Å². The summed E-state index contributed by atoms with van der Waals surface area (Å²) in [6.07, 6.45) is 5.17. The van der Waals surface area contributed by atoms with E-state index in [9.17, 15) is 0 Å². The van der Waals surface area contributed by atoms with Crippen LogP contribution < -0.4 is 5.73 Å². The van der Waals surface area contributed by atoms with Gasteiger partial charge in [0, 0.05) is 24.7 Å². The molecule has 2 nitrogen and oxygen atoms in total. The van der Waals surface area contributed by atoms with Gasteiger partial charge in [-0.25, -0.2) is 0 Å². The van der Waals surface area contributed by atoms with Crippen LogP contribution >= 0.6 is 0 Å². The summed E-state index contributed by atoms with van der Waals surface area (Å²) in [7, 11) is 0. The smallest absolute Gasteiger partial charge is 0.0239 e. The number of benzene rings is 1. The Bertz CT molecular complexity index is 339. The minimum absolute atomic E-state index is 0.460. The van der Waals surface area contributed by atoms with Crippen molar-refractivity contribution < 1.29 is 0 Å². The van der Waals surface area contributed by atoms with Crippen LogP contribution in [-0.2, 0) is 6.54 Å². The predicted octanol–water partition coefficient (Wildman–Crippen LogP) is 2.14. The largest absolute Gasteiger partial charge is 0.328 e. The van der Waals surface area contributed by atoms with E-state index in [0.717, 1.165) is 18.6 Å². The van der Waals surface area contributed by atoms with Gasteiger partial charge in [0.05, 0.1) is 0 Å². The quantitative estimate of drug-likeness (QED) is 0.835. The standard InChI is InChI=1S/C14H20N2/c15-12-8-14(9-12)16(13-6-7-13)10-11-4-2-1-3-5-11/h1-5,12-14H,6-10,15H2. The van der Waals surface area contributed by atoms with E-state index in [0.29, 0.717) is 6.04 Å². The molecule has 3 rings (SSSR count). The number of hydrogen-bond acceptors (Lipinski definition) is 2. The van der Waals surface area contributed by atoms with E-state index in [2.05, 4.69) is 35.2 Å². The molecule has 2 fully saturated rings. The van der Waals surface area contributed by atoms with Gasteiger partial charge in [0.2, 0.25) is 0 Å². The average Bonchev–Trinajstić information content (AvgIpc) is 3.07. The molecule has 2 N–H and O–H groups in total.